The van der Waals surface area contributed by atoms with Gasteiger partial charge in [-0.25, -0.2) is 20.4 Å². The standard InChI is InChI=1S/C61H85N13O16/c1-26(2)41-58(84)72-22-16-18-35(72)56(82)69(13)24-37(75)70(14)47(28(5)6)60(86)89-33(12)44(55(81)66-41)68-53(79)39-40(62)49(77)31(10)51-46(39)64-45-34(21-20-30(9)50(45)90-51)52(78)67-43-32(11)88-61(87)48(29(7)8)71(15)38(76)25-74(63)57(83)36-19-17-23-73(36)59(85)42(27(3)4)65-54(43)80/h20-21,26-29,32-33,35-36,41-44,47-48H,16-19,22-25,62-63H2,1-15H3,(H,65,80)(H,66,81)(H,67,78)(H,68,79)/t32-,33-,35+,36+,41-,42-,43+,44+,47+,48+/m1/s1. The number of hydrogen-bond donors (Lipinski definition) is 6. The summed E-state index contributed by atoms with van der Waals surface area (Å²) >= 11 is 0. The number of amides is 10. The maximum absolute atomic E-state index is 15.2. The minimum Gasteiger partial charge on any atom is -0.458 e. The van der Waals surface area contributed by atoms with Gasteiger partial charge in [-0.1, -0.05) is 61.5 Å². The molecule has 0 spiro atoms. The number of anilines is 1. The van der Waals surface area contributed by atoms with Gasteiger partial charge in [-0.15, -0.1) is 0 Å². The lowest BCUT2D eigenvalue weighted by Crippen LogP contribution is -2.62. The molecular formula is C61H85N13O16. The topological polar surface area (TPSA) is 386 Å². The summed E-state index contributed by atoms with van der Waals surface area (Å²) in [5.74, 6) is -6.79. The number of esters is 2. The van der Waals surface area contributed by atoms with Gasteiger partial charge in [0, 0.05) is 39.8 Å². The number of ether oxygens (including phenoxy) is 2. The number of aromatic nitrogens is 1. The smallest absolute Gasteiger partial charge is 0.329 e. The number of nitrogens with zero attached hydrogens (tertiary/aromatic N) is 7. The second kappa shape index (κ2) is 27.5. The zero-order valence-electron chi connectivity index (χ0n) is 53.7. The summed E-state index contributed by atoms with van der Waals surface area (Å²) in [5, 5.41) is 11.3. The van der Waals surface area contributed by atoms with E-state index in [-0.39, 0.29) is 53.9 Å². The van der Waals surface area contributed by atoms with E-state index in [1.807, 2.05) is 0 Å². The fraction of sp³-hybridized carbons (Fsp3) is 0.607. The number of aryl methyl sites for hydroxylation is 1. The SMILES string of the molecule is Cc1c2oc3c(C)ccc(C(=O)N[C@@H]4C(=O)N[C@H](C(C)C)C(=O)N5CCC[C@H]5C(=O)N(N)CC(=O)N(C)[C@@H](C(C)C)C(=O)O[C@@H]4C)c3nc-2c(C(=O)N[C@@H]2C(=O)N[C@H](C(C)C)C(=O)N3CCC[C@H]3C(=O)N(C)CC(=O)N(C)[C@@H](C(C)C)C(=O)O[C@@H]2C)c(N)c1=O. The molecule has 10 amide bonds. The predicted octanol–water partition coefficient (Wildman–Crippen LogP) is -0.0305. The number of likely N-dealkylation sites (N-methyl/N-ethyl adjacent to an activating group) is 3. The van der Waals surface area contributed by atoms with Crippen LogP contribution in [0.5, 0.6) is 0 Å². The van der Waals surface area contributed by atoms with Crippen molar-refractivity contribution in [2.45, 2.75) is 169 Å². The van der Waals surface area contributed by atoms with Gasteiger partial charge in [-0.05, 0) is 88.7 Å². The Morgan fingerprint density at radius 2 is 1.09 bits per heavy atom. The number of carbonyl (C=O) groups is 12. The zero-order chi connectivity index (χ0) is 67.0. The number of hydrogen-bond acceptors (Lipinski definition) is 19. The van der Waals surface area contributed by atoms with E-state index in [1.165, 1.54) is 68.7 Å². The second-order valence-corrected chi connectivity index (χ2v) is 25.3. The van der Waals surface area contributed by atoms with E-state index in [0.717, 1.165) is 9.80 Å². The van der Waals surface area contributed by atoms with Crippen LogP contribution in [-0.4, -0.2) is 213 Å². The van der Waals surface area contributed by atoms with Crippen LogP contribution in [0, 0.1) is 37.5 Å². The van der Waals surface area contributed by atoms with Crippen LogP contribution < -0.4 is 38.3 Å². The normalized spacial score (nSPS) is 26.2. The van der Waals surface area contributed by atoms with Crippen molar-refractivity contribution in [2.24, 2.45) is 29.5 Å². The maximum Gasteiger partial charge on any atom is 0.329 e. The van der Waals surface area contributed by atoms with Crippen molar-refractivity contribution in [3.8, 4) is 11.5 Å². The molecule has 0 bridgehead atoms. The van der Waals surface area contributed by atoms with Crippen LogP contribution in [0.2, 0.25) is 0 Å². The molecular weight excluding hydrogens is 1170 g/mol. The predicted molar refractivity (Wildman–Crippen MR) is 324 cm³/mol. The number of nitrogen functional groups attached to an aromatic ring is 1. The Balaban J connectivity index is 1.32. The molecule has 0 saturated carbocycles. The summed E-state index contributed by atoms with van der Waals surface area (Å²) in [6, 6.07) is -8.18. The molecule has 5 heterocycles. The summed E-state index contributed by atoms with van der Waals surface area (Å²) < 4.78 is 18.3. The van der Waals surface area contributed by atoms with Gasteiger partial charge in [0.15, 0.2) is 11.3 Å². The number of nitrogens with one attached hydrogen (secondary N) is 4. The number of cyclic esters (lactones) is 2. The minimum atomic E-state index is -1.89. The number of rotatable bonds is 8. The van der Waals surface area contributed by atoms with Crippen LogP contribution in [0.3, 0.4) is 0 Å². The van der Waals surface area contributed by atoms with Gasteiger partial charge in [0.05, 0.1) is 23.4 Å². The second-order valence-electron chi connectivity index (χ2n) is 25.3. The Labute approximate surface area is 521 Å². The van der Waals surface area contributed by atoms with Gasteiger partial charge >= 0.3 is 11.9 Å². The van der Waals surface area contributed by atoms with Crippen molar-refractivity contribution in [1.82, 2.24) is 55.8 Å². The van der Waals surface area contributed by atoms with Gasteiger partial charge in [-0.2, -0.15) is 0 Å². The number of nitrogens with two attached hydrogens (primary N) is 2. The quantitative estimate of drug-likeness (QED) is 0.0567. The van der Waals surface area contributed by atoms with Gasteiger partial charge in [-0.3, -0.25) is 57.7 Å². The van der Waals surface area contributed by atoms with E-state index in [0.29, 0.717) is 23.4 Å². The van der Waals surface area contributed by atoms with Crippen molar-refractivity contribution in [3.63, 3.8) is 0 Å². The van der Waals surface area contributed by atoms with Crippen LogP contribution in [-0.2, 0) is 57.4 Å². The Kier molecular flexibility index (Phi) is 21.0. The molecule has 490 valence electrons. The highest BCUT2D eigenvalue weighted by Gasteiger charge is 2.47. The third-order valence-corrected chi connectivity index (χ3v) is 17.4. The highest BCUT2D eigenvalue weighted by Crippen LogP contribution is 2.35. The monoisotopic (exact) mass is 1260 g/mol. The molecule has 0 unspecified atom stereocenters. The van der Waals surface area contributed by atoms with Crippen LogP contribution in [0.15, 0.2) is 21.3 Å². The lowest BCUT2D eigenvalue weighted by Gasteiger charge is -2.36. The molecule has 29 nitrogen and oxygen atoms in total. The molecule has 5 aliphatic heterocycles. The average Bonchev–Trinajstić information content (AvgIpc) is 0.893. The van der Waals surface area contributed by atoms with Crippen molar-refractivity contribution in [3.05, 3.63) is 44.6 Å². The van der Waals surface area contributed by atoms with Crippen LogP contribution in [0.25, 0.3) is 22.6 Å². The Morgan fingerprint density at radius 1 is 0.633 bits per heavy atom. The van der Waals surface area contributed by atoms with Crippen LogP contribution in [0.4, 0.5) is 5.69 Å². The van der Waals surface area contributed by atoms with Crippen LogP contribution in [0.1, 0.15) is 127 Å². The molecule has 10 atom stereocenters. The minimum absolute atomic E-state index is 0.0852. The van der Waals surface area contributed by atoms with E-state index >= 15 is 9.59 Å². The number of hydrazine groups is 1. The molecule has 29 heteroatoms. The van der Waals surface area contributed by atoms with Gasteiger partial charge in [0.2, 0.25) is 46.8 Å². The van der Waals surface area contributed by atoms with Crippen molar-refractivity contribution >= 4 is 87.8 Å². The van der Waals surface area contributed by atoms with Crippen molar-refractivity contribution in [2.75, 3.05) is 53.1 Å². The fourth-order valence-electron chi connectivity index (χ4n) is 12.2. The molecule has 7 rings (SSSR count). The first kappa shape index (κ1) is 68.7. The summed E-state index contributed by atoms with van der Waals surface area (Å²) in [4.78, 5) is 198. The van der Waals surface area contributed by atoms with E-state index in [2.05, 4.69) is 21.3 Å². The molecule has 8 N–H and O–H groups in total. The Hall–Kier alpha value is -8.76. The van der Waals surface area contributed by atoms with E-state index in [4.69, 9.17) is 30.5 Å². The van der Waals surface area contributed by atoms with Gasteiger partial charge in [0.1, 0.15) is 78.3 Å². The molecule has 90 heavy (non-hydrogen) atoms. The maximum atomic E-state index is 15.2. The summed E-state index contributed by atoms with van der Waals surface area (Å²) in [7, 11) is 4.09. The third kappa shape index (κ3) is 13.7. The molecule has 4 saturated heterocycles. The Bertz CT molecular complexity index is 3420. The van der Waals surface area contributed by atoms with E-state index in [9.17, 15) is 52.7 Å². The Morgan fingerprint density at radius 3 is 1.56 bits per heavy atom. The molecule has 1 aromatic carbocycles. The zero-order valence-corrected chi connectivity index (χ0v) is 53.7. The molecule has 0 radical (unpaired) electrons. The largest absolute Gasteiger partial charge is 0.458 e. The van der Waals surface area contributed by atoms with Gasteiger partial charge < -0.3 is 65.4 Å². The fourth-order valence-corrected chi connectivity index (χ4v) is 12.2. The van der Waals surface area contributed by atoms with E-state index < -0.39 is 191 Å². The molecule has 1 aliphatic carbocycles. The average molecular weight is 1260 g/mol. The van der Waals surface area contributed by atoms with Crippen molar-refractivity contribution < 1.29 is 71.4 Å². The molecule has 4 fully saturated rings. The third-order valence-electron chi connectivity index (χ3n) is 17.4. The van der Waals surface area contributed by atoms with Gasteiger partial charge in [0.25, 0.3) is 17.7 Å². The first-order valence-electron chi connectivity index (χ1n) is 30.3. The van der Waals surface area contributed by atoms with Crippen LogP contribution >= 0.6 is 0 Å². The molecule has 1 aromatic rings. The summed E-state index contributed by atoms with van der Waals surface area (Å²) in [6.45, 7) is 17.9. The lowest BCUT2D eigenvalue weighted by atomic mass is 9.98. The summed E-state index contributed by atoms with van der Waals surface area (Å²) in [6.07, 6.45) is -1.82. The highest BCUT2D eigenvalue weighted by atomic mass is 16.6. The molecule has 0 aromatic heterocycles. The number of carbonyl (C=O) groups excluding carboxylic acids is 12. The molecule has 6 aliphatic rings. The first-order valence-corrected chi connectivity index (χ1v) is 30.3. The van der Waals surface area contributed by atoms with E-state index in [1.54, 1.807) is 62.3 Å². The highest BCUT2D eigenvalue weighted by molar-refractivity contribution is 6.10. The lowest BCUT2D eigenvalue weighted by molar-refractivity contribution is -0.163. The summed E-state index contributed by atoms with van der Waals surface area (Å²) in [5.41, 5.74) is 3.49. The van der Waals surface area contributed by atoms with Crippen molar-refractivity contribution in [1.29, 1.82) is 0 Å². The number of benzene rings is 2. The first-order chi connectivity index (χ1) is 42.1. The number of fused-ring (bicyclic) bond motifs is 4.